The molecule has 0 aromatic heterocycles. The number of rotatable bonds is 4. The summed E-state index contributed by atoms with van der Waals surface area (Å²) in [6.45, 7) is 19.5. The first kappa shape index (κ1) is 27.2. The average molecular weight is 583 g/mol. The zero-order valence-electron chi connectivity index (χ0n) is 20.8. The number of carbonyl (C=O) groups excluding carboxylic acids is 1. The lowest BCUT2D eigenvalue weighted by Gasteiger charge is -2.38. The van der Waals surface area contributed by atoms with Crippen LogP contribution in [0.3, 0.4) is 0 Å². The summed E-state index contributed by atoms with van der Waals surface area (Å²) in [6.07, 6.45) is 3.81. The second kappa shape index (κ2) is 10.5. The minimum atomic E-state index is -1.89. The topological polar surface area (TPSA) is 38.3 Å². The van der Waals surface area contributed by atoms with Crippen LogP contribution < -0.4 is 5.32 Å². The molecule has 1 aliphatic rings. The van der Waals surface area contributed by atoms with Crippen LogP contribution in [0.4, 0.5) is 4.79 Å². The summed E-state index contributed by atoms with van der Waals surface area (Å²) in [5, 5.41) is 3.12. The molecule has 3 nitrogen and oxygen atoms in total. The molecular formula is C26H37Br2NO2Si. The highest BCUT2D eigenvalue weighted by Crippen LogP contribution is 2.42. The molecule has 0 saturated carbocycles. The zero-order valence-corrected chi connectivity index (χ0v) is 24.9. The Bertz CT molecular complexity index is 914. The van der Waals surface area contributed by atoms with Crippen LogP contribution in [0.5, 0.6) is 0 Å². The molecule has 0 bridgehead atoms. The van der Waals surface area contributed by atoms with E-state index in [2.05, 4.69) is 114 Å². The largest absolute Gasteiger partial charge is 0.444 e. The van der Waals surface area contributed by atoms with Gasteiger partial charge in [-0.15, -0.1) is 11.5 Å². The predicted molar refractivity (Wildman–Crippen MR) is 145 cm³/mol. The monoisotopic (exact) mass is 581 g/mol. The van der Waals surface area contributed by atoms with Crippen molar-refractivity contribution in [1.82, 2.24) is 5.32 Å². The van der Waals surface area contributed by atoms with Gasteiger partial charge in [-0.1, -0.05) is 53.7 Å². The Morgan fingerprint density at radius 1 is 1.03 bits per heavy atom. The van der Waals surface area contributed by atoms with Gasteiger partial charge in [-0.2, -0.15) is 0 Å². The normalized spacial score (nSPS) is 18.4. The first-order chi connectivity index (χ1) is 14.7. The molecule has 0 spiro atoms. The lowest BCUT2D eigenvalue weighted by molar-refractivity contribution is 0.0497. The molecule has 1 amide bonds. The molecule has 176 valence electrons. The summed E-state index contributed by atoms with van der Waals surface area (Å²) in [7, 11) is -1.89. The van der Waals surface area contributed by atoms with Crippen molar-refractivity contribution >= 4 is 52.1 Å². The Balaban J connectivity index is 2.55. The van der Waals surface area contributed by atoms with E-state index in [-0.39, 0.29) is 12.0 Å². The van der Waals surface area contributed by atoms with Gasteiger partial charge in [0.05, 0.1) is 12.0 Å². The van der Waals surface area contributed by atoms with Gasteiger partial charge in [0, 0.05) is 8.95 Å². The number of fused-ring (bicyclic) bond motifs is 1. The summed E-state index contributed by atoms with van der Waals surface area (Å²) in [5.74, 6) is 3.51. The fourth-order valence-corrected chi connectivity index (χ4v) is 10.9. The maximum atomic E-state index is 12.7. The van der Waals surface area contributed by atoms with E-state index in [0.29, 0.717) is 16.6 Å². The number of hydrogen-bond donors (Lipinski definition) is 1. The molecule has 32 heavy (non-hydrogen) atoms. The first-order valence-electron chi connectivity index (χ1n) is 11.4. The molecule has 1 aliphatic carbocycles. The van der Waals surface area contributed by atoms with Gasteiger partial charge in [0.1, 0.15) is 13.7 Å². The van der Waals surface area contributed by atoms with E-state index in [0.717, 1.165) is 20.1 Å². The highest BCUT2D eigenvalue weighted by molar-refractivity contribution is 9.13. The Morgan fingerprint density at radius 2 is 1.56 bits per heavy atom. The van der Waals surface area contributed by atoms with Crippen LogP contribution in [-0.4, -0.2) is 19.8 Å². The van der Waals surface area contributed by atoms with Gasteiger partial charge < -0.3 is 10.1 Å². The molecule has 0 fully saturated rings. The Kier molecular flexibility index (Phi) is 8.92. The maximum Gasteiger partial charge on any atom is 0.408 e. The number of benzene rings is 1. The summed E-state index contributed by atoms with van der Waals surface area (Å²) in [6, 6.07) is 3.86. The average Bonchev–Trinajstić information content (AvgIpc) is 2.62. The van der Waals surface area contributed by atoms with Gasteiger partial charge in [-0.25, -0.2) is 4.79 Å². The molecule has 2 atom stereocenters. The number of ether oxygens (including phenoxy) is 1. The quantitative estimate of drug-likeness (QED) is 0.285. The van der Waals surface area contributed by atoms with Crippen molar-refractivity contribution in [2.24, 2.45) is 5.92 Å². The van der Waals surface area contributed by atoms with Gasteiger partial charge >= 0.3 is 6.09 Å². The summed E-state index contributed by atoms with van der Waals surface area (Å²) in [5.41, 5.74) is 7.04. The molecule has 1 N–H and O–H groups in total. The van der Waals surface area contributed by atoms with Gasteiger partial charge in [-0.3, -0.25) is 0 Å². The number of halogens is 2. The molecule has 0 radical (unpaired) electrons. The molecule has 0 aliphatic heterocycles. The Hall–Kier alpha value is -1.03. The van der Waals surface area contributed by atoms with Crippen LogP contribution in [0, 0.1) is 17.4 Å². The summed E-state index contributed by atoms with van der Waals surface area (Å²) < 4.78 is 7.51. The van der Waals surface area contributed by atoms with E-state index in [1.165, 1.54) is 0 Å². The second-order valence-electron chi connectivity index (χ2n) is 10.6. The third-order valence-corrected chi connectivity index (χ3v) is 14.5. The summed E-state index contributed by atoms with van der Waals surface area (Å²) >= 11 is 7.21. The van der Waals surface area contributed by atoms with Gasteiger partial charge in [0.2, 0.25) is 0 Å². The molecular weight excluding hydrogens is 546 g/mol. The van der Waals surface area contributed by atoms with Crippen molar-refractivity contribution in [3.05, 3.63) is 38.3 Å². The third kappa shape index (κ3) is 6.10. The van der Waals surface area contributed by atoms with Crippen LogP contribution in [0.25, 0.3) is 6.08 Å². The highest BCUT2D eigenvalue weighted by atomic mass is 79.9. The van der Waals surface area contributed by atoms with Gasteiger partial charge in [0.15, 0.2) is 0 Å². The van der Waals surface area contributed by atoms with Crippen molar-refractivity contribution in [2.45, 2.75) is 90.6 Å². The van der Waals surface area contributed by atoms with Crippen molar-refractivity contribution in [3.8, 4) is 11.5 Å². The Labute approximate surface area is 212 Å². The number of amides is 1. The minimum Gasteiger partial charge on any atom is -0.444 e. The van der Waals surface area contributed by atoms with E-state index < -0.39 is 19.8 Å². The van der Waals surface area contributed by atoms with E-state index in [4.69, 9.17) is 4.74 Å². The van der Waals surface area contributed by atoms with Gasteiger partial charge in [-0.05, 0) is 92.5 Å². The SMILES string of the molecule is CC(C)[Si](C#C[C@@H]1C=Cc2cc(Br)c(Br)cc2[C@@H]1NC(=O)OC(C)(C)C)(C(C)C)C(C)C. The Morgan fingerprint density at radius 3 is 2.06 bits per heavy atom. The van der Waals surface area contributed by atoms with Crippen molar-refractivity contribution in [2.75, 3.05) is 0 Å². The minimum absolute atomic E-state index is 0.119. The standard InChI is InChI=1S/C26H37Br2NO2Si/c1-16(2)32(17(3)4,18(5)6)13-12-19-10-11-20-14-22(27)23(28)15-21(20)24(19)29-25(30)31-26(7,8)9/h10-11,14-19,24H,1-9H3,(H,29,30)/t19-,24+/m0/s1. The third-order valence-electron chi connectivity index (χ3n) is 6.30. The molecule has 0 heterocycles. The van der Waals surface area contributed by atoms with Crippen molar-refractivity contribution < 1.29 is 9.53 Å². The van der Waals surface area contributed by atoms with E-state index in [1.807, 2.05) is 20.8 Å². The smallest absolute Gasteiger partial charge is 0.408 e. The number of alkyl carbamates (subject to hydrolysis) is 1. The molecule has 0 saturated heterocycles. The number of hydrogen-bond acceptors (Lipinski definition) is 2. The zero-order chi connectivity index (χ0) is 24.4. The van der Waals surface area contributed by atoms with Crippen LogP contribution in [0.2, 0.25) is 16.6 Å². The van der Waals surface area contributed by atoms with E-state index >= 15 is 0 Å². The molecule has 1 aromatic carbocycles. The van der Waals surface area contributed by atoms with Gasteiger partial charge in [0.25, 0.3) is 0 Å². The molecule has 6 heteroatoms. The first-order valence-corrected chi connectivity index (χ1v) is 15.2. The van der Waals surface area contributed by atoms with E-state index in [1.54, 1.807) is 0 Å². The van der Waals surface area contributed by atoms with E-state index in [9.17, 15) is 4.79 Å². The van der Waals surface area contributed by atoms with Crippen LogP contribution in [-0.2, 0) is 4.74 Å². The van der Waals surface area contributed by atoms with Crippen LogP contribution >= 0.6 is 31.9 Å². The molecule has 0 unspecified atom stereocenters. The number of nitrogens with one attached hydrogen (secondary N) is 1. The van der Waals surface area contributed by atoms with Crippen LogP contribution in [0.15, 0.2) is 27.2 Å². The molecule has 2 rings (SSSR count). The lowest BCUT2D eigenvalue weighted by Crippen LogP contribution is -2.43. The summed E-state index contributed by atoms with van der Waals surface area (Å²) in [4.78, 5) is 12.7. The predicted octanol–water partition coefficient (Wildman–Crippen LogP) is 8.64. The number of carbonyl (C=O) groups is 1. The lowest BCUT2D eigenvalue weighted by atomic mass is 9.85. The van der Waals surface area contributed by atoms with Crippen molar-refractivity contribution in [3.63, 3.8) is 0 Å². The van der Waals surface area contributed by atoms with Crippen LogP contribution in [0.1, 0.15) is 79.5 Å². The fourth-order valence-electron chi connectivity index (χ4n) is 4.88. The highest BCUT2D eigenvalue weighted by Gasteiger charge is 2.42. The maximum absolute atomic E-state index is 12.7. The second-order valence-corrected chi connectivity index (χ2v) is 17.9. The van der Waals surface area contributed by atoms with Crippen molar-refractivity contribution in [1.29, 1.82) is 0 Å². The fraction of sp³-hybridized carbons (Fsp3) is 0.577. The molecule has 1 aromatic rings.